The lowest BCUT2D eigenvalue weighted by Gasteiger charge is -2.23. The molecule has 0 saturated carbocycles. The zero-order valence-corrected chi connectivity index (χ0v) is 45.2. The largest absolute Gasteiger partial charge is 0.364 e. The number of hydrogen-bond acceptors (Lipinski definition) is 9. The summed E-state index contributed by atoms with van der Waals surface area (Å²) in [7, 11) is 1.86. The second kappa shape index (κ2) is 22.2. The van der Waals surface area contributed by atoms with E-state index in [-0.39, 0.29) is 33.1 Å². The molecule has 4 amide bonds. The smallest absolute Gasteiger partial charge is 0.269 e. The van der Waals surface area contributed by atoms with E-state index in [9.17, 15) is 19.2 Å². The number of aromatic amines is 3. The van der Waals surface area contributed by atoms with Crippen molar-refractivity contribution in [3.8, 4) is 0 Å². The first kappa shape index (κ1) is 58.5. The molecule has 0 spiro atoms. The van der Waals surface area contributed by atoms with Crippen LogP contribution in [0.3, 0.4) is 0 Å². The van der Waals surface area contributed by atoms with Gasteiger partial charge in [-0.3, -0.25) is 34.4 Å². The van der Waals surface area contributed by atoms with E-state index in [1.54, 1.807) is 12.7 Å². The molecule has 0 atom stereocenters. The molecule has 18 nitrogen and oxygen atoms in total. The summed E-state index contributed by atoms with van der Waals surface area (Å²) in [6, 6.07) is 2.34. The lowest BCUT2D eigenvalue weighted by Crippen LogP contribution is -2.24. The highest BCUT2D eigenvalue weighted by Crippen LogP contribution is 2.33. The summed E-state index contributed by atoms with van der Waals surface area (Å²) in [4.78, 5) is 59.9. The molecule has 6 aromatic heterocycles. The molecule has 11 N–H and O–H groups in total. The highest BCUT2D eigenvalue weighted by Gasteiger charge is 2.30. The Morgan fingerprint density at radius 2 is 1.04 bits per heavy atom. The number of fused-ring (bicyclic) bond motifs is 1. The first-order valence-corrected chi connectivity index (χ1v) is 23.1. The number of rotatable bonds is 6. The molecule has 18 heteroatoms. The van der Waals surface area contributed by atoms with Gasteiger partial charge in [0.05, 0.1) is 35.8 Å². The maximum absolute atomic E-state index is 11.3. The van der Waals surface area contributed by atoms with Crippen molar-refractivity contribution in [2.75, 3.05) is 0 Å². The molecule has 0 aliphatic rings. The molecular weight excluding hydrogens is 873 g/mol. The quantitative estimate of drug-likeness (QED) is 0.0840. The first-order chi connectivity index (χ1) is 31.3. The molecule has 0 aliphatic carbocycles. The van der Waals surface area contributed by atoms with Crippen molar-refractivity contribution in [3.63, 3.8) is 0 Å². The molecule has 0 bridgehead atoms. The minimum atomic E-state index is -0.478. The number of imidazole rings is 2. The Labute approximate surface area is 409 Å². The second-order valence-corrected chi connectivity index (χ2v) is 22.9. The number of carbonyl (C=O) groups is 4. The molecule has 380 valence electrons. The van der Waals surface area contributed by atoms with Crippen LogP contribution in [-0.4, -0.2) is 73.1 Å². The first-order valence-electron chi connectivity index (χ1n) is 23.1. The number of aryl methyl sites for hydroxylation is 2. The highest BCUT2D eigenvalue weighted by atomic mass is 16.2. The van der Waals surface area contributed by atoms with Gasteiger partial charge in [-0.05, 0) is 54.6 Å². The normalized spacial score (nSPS) is 12.0. The van der Waals surface area contributed by atoms with Gasteiger partial charge in [-0.15, -0.1) is 0 Å². The van der Waals surface area contributed by atoms with E-state index in [0.29, 0.717) is 28.7 Å². The average molecular weight is 955 g/mol. The number of primary amides is 4. The van der Waals surface area contributed by atoms with Gasteiger partial charge in [-0.2, -0.15) is 10.2 Å². The monoisotopic (exact) mass is 955 g/mol. The number of aromatic nitrogens is 10. The highest BCUT2D eigenvalue weighted by molar-refractivity contribution is 5.94. The van der Waals surface area contributed by atoms with Gasteiger partial charge in [-0.1, -0.05) is 118 Å². The molecule has 6 aromatic rings. The fourth-order valence-electron chi connectivity index (χ4n) is 8.00. The van der Waals surface area contributed by atoms with Crippen molar-refractivity contribution in [2.45, 2.75) is 178 Å². The number of nitrogens with one attached hydrogen (secondary N) is 3. The number of nitrogens with two attached hydrogens (primary N) is 4. The minimum absolute atomic E-state index is 0.110. The minimum Gasteiger partial charge on any atom is -0.364 e. The molecule has 0 aromatic carbocycles. The number of pyridine rings is 1. The van der Waals surface area contributed by atoms with Crippen molar-refractivity contribution >= 4 is 34.5 Å². The van der Waals surface area contributed by atoms with Gasteiger partial charge in [0.2, 0.25) is 0 Å². The van der Waals surface area contributed by atoms with Crippen molar-refractivity contribution in [1.29, 1.82) is 0 Å². The van der Waals surface area contributed by atoms with Crippen LogP contribution in [0.4, 0.5) is 0 Å². The molecule has 0 aliphatic heterocycles. The van der Waals surface area contributed by atoms with Crippen LogP contribution in [0.15, 0.2) is 37.3 Å². The Balaban J connectivity index is 0.000000296. The molecule has 0 radical (unpaired) electrons. The van der Waals surface area contributed by atoms with Gasteiger partial charge in [0, 0.05) is 64.2 Å². The second-order valence-electron chi connectivity index (χ2n) is 22.9. The van der Waals surface area contributed by atoms with E-state index >= 15 is 0 Å². The third kappa shape index (κ3) is 15.2. The Morgan fingerprint density at radius 3 is 1.43 bits per heavy atom. The van der Waals surface area contributed by atoms with Crippen molar-refractivity contribution < 1.29 is 19.2 Å². The topological polar surface area (TPSA) is 294 Å². The average Bonchev–Trinajstić information content (AvgIpc) is 4.02. The lowest BCUT2D eigenvalue weighted by molar-refractivity contribution is 0.0985. The molecular formula is C51H82N14O4. The van der Waals surface area contributed by atoms with Crippen LogP contribution < -0.4 is 22.9 Å². The number of amides is 4. The predicted octanol–water partition coefficient (Wildman–Crippen LogP) is 8.58. The van der Waals surface area contributed by atoms with Crippen molar-refractivity contribution in [3.05, 3.63) is 99.6 Å². The van der Waals surface area contributed by atoms with Gasteiger partial charge in [0.25, 0.3) is 23.6 Å². The van der Waals surface area contributed by atoms with E-state index in [1.165, 1.54) is 10.9 Å². The van der Waals surface area contributed by atoms with Crippen LogP contribution in [0, 0.1) is 6.92 Å². The molecule has 6 heterocycles. The fraction of sp³-hybridized carbons (Fsp3) is 0.549. The zero-order chi connectivity index (χ0) is 53.5. The van der Waals surface area contributed by atoms with E-state index in [0.717, 1.165) is 39.4 Å². The number of nitrogens with zero attached hydrogens (tertiary/aromatic N) is 7. The fourth-order valence-corrected chi connectivity index (χ4v) is 8.00. The van der Waals surface area contributed by atoms with Crippen LogP contribution in [-0.2, 0) is 34.1 Å². The number of H-pyrrole nitrogens is 3. The summed E-state index contributed by atoms with van der Waals surface area (Å²) in [5, 5.41) is 14.9. The maximum atomic E-state index is 11.3. The third-order valence-corrected chi connectivity index (χ3v) is 10.8. The summed E-state index contributed by atoms with van der Waals surface area (Å²) in [6.07, 6.45) is 9.08. The van der Waals surface area contributed by atoms with Crippen LogP contribution in [0.1, 0.15) is 225 Å². The van der Waals surface area contributed by atoms with Crippen LogP contribution >= 0.6 is 0 Å². The van der Waals surface area contributed by atoms with E-state index in [4.69, 9.17) is 22.9 Å². The van der Waals surface area contributed by atoms with Crippen molar-refractivity contribution in [2.24, 2.45) is 30.0 Å². The Hall–Kier alpha value is -6.59. The Bertz CT molecular complexity index is 2540. The SMILES string of the molecule is CC(C)(C)c1c[nH]c2cnccc12.CC(C)c1[nH]nc(C(N)=O)c1C(C)(C)C.CC(C)n1cnc(C(N)=O)c1C(C)(C)C.Cc1[nH]nc(C(N)=O)c1C(C)(C)C.Cn1cnc(C(N)=O)c1C(C)(C)C. The molecule has 0 unspecified atom stereocenters. The zero-order valence-electron chi connectivity index (χ0n) is 45.2. The van der Waals surface area contributed by atoms with Crippen molar-refractivity contribution in [1.82, 2.24) is 49.5 Å². The maximum Gasteiger partial charge on any atom is 0.269 e. The van der Waals surface area contributed by atoms with Crippen LogP contribution in [0.2, 0.25) is 0 Å². The number of carbonyl (C=O) groups excluding carboxylic acids is 4. The predicted molar refractivity (Wildman–Crippen MR) is 275 cm³/mol. The molecule has 0 saturated heterocycles. The number of hydrogen-bond donors (Lipinski definition) is 7. The summed E-state index contributed by atoms with van der Waals surface area (Å²) in [6.45, 7) is 41.2. The lowest BCUT2D eigenvalue weighted by atomic mass is 9.82. The van der Waals surface area contributed by atoms with E-state index in [2.05, 4.69) is 143 Å². The summed E-state index contributed by atoms with van der Waals surface area (Å²) in [5.41, 5.74) is 30.2. The summed E-state index contributed by atoms with van der Waals surface area (Å²) < 4.78 is 3.83. The third-order valence-electron chi connectivity index (χ3n) is 10.8. The molecule has 69 heavy (non-hydrogen) atoms. The van der Waals surface area contributed by atoms with Gasteiger partial charge < -0.3 is 37.1 Å². The van der Waals surface area contributed by atoms with E-state index < -0.39 is 23.6 Å². The molecule has 0 fully saturated rings. The standard InChI is InChI=1S/2C11H19N3O.C11H14N2.2C9H15N3O/c1-7(2)14-6-13-8(10(12)15)9(14)11(3,4)5;1-6(2)8-7(11(3,4)5)9(10(12)15)14-13-8;1-11(2,3)9-6-13-10-7-12-5-4-8(9)10;1-9(2,3)7-6(8(10)13)11-5-12(7)4;1-5-6(9(2,3)4)7(8(10)13)12-11-5/h6-7H,1-5H3,(H2,12,15);6H,1-5H3,(H2,12,15)(H,13,14);4-7,13H,1-3H3;5H,1-4H3,(H2,10,13);1-4H3,(H2,10,13)(H,11,12). The summed E-state index contributed by atoms with van der Waals surface area (Å²) >= 11 is 0. The van der Waals surface area contributed by atoms with Gasteiger partial charge >= 0.3 is 0 Å². The van der Waals surface area contributed by atoms with Gasteiger partial charge in [-0.25, -0.2) is 9.97 Å². The Kier molecular flexibility index (Phi) is 18.9. The van der Waals surface area contributed by atoms with Crippen LogP contribution in [0.25, 0.3) is 10.9 Å². The van der Waals surface area contributed by atoms with Gasteiger partial charge in [0.1, 0.15) is 11.4 Å². The Morgan fingerprint density at radius 1 is 0.594 bits per heavy atom. The summed E-state index contributed by atoms with van der Waals surface area (Å²) in [5.74, 6) is -1.57. The van der Waals surface area contributed by atoms with Gasteiger partial charge in [0.15, 0.2) is 11.4 Å². The van der Waals surface area contributed by atoms with Crippen LogP contribution in [0.5, 0.6) is 0 Å². The molecule has 6 rings (SSSR count). The van der Waals surface area contributed by atoms with E-state index in [1.807, 2.05) is 77.0 Å².